The van der Waals surface area contributed by atoms with Crippen molar-refractivity contribution in [2.24, 2.45) is 0 Å². The van der Waals surface area contributed by atoms with Gasteiger partial charge in [0.1, 0.15) is 0 Å². The molecule has 0 aliphatic heterocycles. The van der Waals surface area contributed by atoms with Crippen LogP contribution in [0.1, 0.15) is 13.8 Å². The van der Waals surface area contributed by atoms with Crippen molar-refractivity contribution in [3.8, 4) is 0 Å². The minimum atomic E-state index is 0.780. The summed E-state index contributed by atoms with van der Waals surface area (Å²) in [5, 5.41) is 7.72. The summed E-state index contributed by atoms with van der Waals surface area (Å²) in [6.07, 6.45) is 1.77. The maximum atomic E-state index is 7.72. The van der Waals surface area contributed by atoms with Gasteiger partial charge in [0.15, 0.2) is 0 Å². The molecule has 3 nitrogen and oxygen atoms in total. The molecule has 2 N–H and O–H groups in total. The predicted octanol–water partition coefficient (Wildman–Crippen LogP) is 0.904. The maximum Gasteiger partial charge on any atom is 0.0335 e. The van der Waals surface area contributed by atoms with Crippen molar-refractivity contribution in [2.45, 2.75) is 13.8 Å². The summed E-state index contributed by atoms with van der Waals surface area (Å²) >= 11 is 0. The van der Waals surface area contributed by atoms with Crippen molar-refractivity contribution in [1.82, 2.24) is 5.48 Å². The van der Waals surface area contributed by atoms with Gasteiger partial charge in [-0.05, 0) is 13.8 Å². The van der Waals surface area contributed by atoms with Gasteiger partial charge >= 0.3 is 0 Å². The molecule has 0 unspecified atom stereocenters. The molecule has 0 amide bonds. The standard InChI is InChI=1S/C4H9NO2/c1-3-4(2)5-7-6/h3,5-6H,1-2H3. The second-order valence-electron chi connectivity index (χ2n) is 1.17. The number of rotatable bonds is 2. The largest absolute Gasteiger partial charge is 0.240 e. The van der Waals surface area contributed by atoms with Crippen LogP contribution in [0.2, 0.25) is 0 Å². The number of hydroxylamine groups is 1. The van der Waals surface area contributed by atoms with E-state index in [1.807, 2.05) is 6.92 Å². The van der Waals surface area contributed by atoms with E-state index in [-0.39, 0.29) is 0 Å². The molecule has 0 aromatic carbocycles. The van der Waals surface area contributed by atoms with Gasteiger partial charge in [0.2, 0.25) is 0 Å². The van der Waals surface area contributed by atoms with E-state index < -0.39 is 0 Å². The highest BCUT2D eigenvalue weighted by Gasteiger charge is 1.77. The summed E-state index contributed by atoms with van der Waals surface area (Å²) in [7, 11) is 0. The topological polar surface area (TPSA) is 41.5 Å². The molecule has 0 spiro atoms. The third kappa shape index (κ3) is 3.29. The molecule has 0 heterocycles. The van der Waals surface area contributed by atoms with Crippen LogP contribution in [0, 0.1) is 0 Å². The van der Waals surface area contributed by atoms with Crippen LogP contribution in [0.5, 0.6) is 0 Å². The van der Waals surface area contributed by atoms with Crippen LogP contribution in [-0.2, 0) is 4.99 Å². The third-order valence-electron chi connectivity index (χ3n) is 0.640. The predicted molar refractivity (Wildman–Crippen MR) is 26.3 cm³/mol. The van der Waals surface area contributed by atoms with Gasteiger partial charge in [0.05, 0.1) is 0 Å². The van der Waals surface area contributed by atoms with E-state index in [1.165, 1.54) is 0 Å². The number of hydrogen-bond donors (Lipinski definition) is 2. The monoisotopic (exact) mass is 103 g/mol. The first-order valence-electron chi connectivity index (χ1n) is 2.00. The molecule has 0 bridgehead atoms. The van der Waals surface area contributed by atoms with Gasteiger partial charge < -0.3 is 0 Å². The Labute approximate surface area is 42.5 Å². The molecule has 0 radical (unpaired) electrons. The van der Waals surface area contributed by atoms with Gasteiger partial charge in [-0.3, -0.25) is 0 Å². The van der Waals surface area contributed by atoms with Gasteiger partial charge in [0.25, 0.3) is 0 Å². The molecule has 0 aromatic heterocycles. The Hall–Kier alpha value is -0.540. The van der Waals surface area contributed by atoms with Crippen LogP contribution >= 0.6 is 0 Å². The van der Waals surface area contributed by atoms with E-state index in [4.69, 9.17) is 5.26 Å². The quantitative estimate of drug-likeness (QED) is 0.403. The molecule has 3 heteroatoms. The zero-order chi connectivity index (χ0) is 5.70. The minimum absolute atomic E-state index is 0.780. The fourth-order valence-electron chi connectivity index (χ4n) is 0.131. The molecular weight excluding hydrogens is 94.0 g/mol. The highest BCUT2D eigenvalue weighted by Crippen LogP contribution is 1.80. The highest BCUT2D eigenvalue weighted by molar-refractivity contribution is 4.88. The van der Waals surface area contributed by atoms with Gasteiger partial charge in [-0.25, -0.2) is 10.7 Å². The van der Waals surface area contributed by atoms with Crippen molar-refractivity contribution < 1.29 is 10.2 Å². The SMILES string of the molecule is CC=C(C)NOO. The maximum absolute atomic E-state index is 7.72. The molecule has 7 heavy (non-hydrogen) atoms. The van der Waals surface area contributed by atoms with Crippen molar-refractivity contribution in [3.63, 3.8) is 0 Å². The first kappa shape index (κ1) is 6.46. The molecule has 0 aromatic rings. The second kappa shape index (κ2) is 3.64. The number of allylic oxidation sites excluding steroid dienone is 2. The molecule has 0 rings (SSSR count). The Morgan fingerprint density at radius 1 is 1.86 bits per heavy atom. The van der Waals surface area contributed by atoms with Gasteiger partial charge in [-0.15, -0.1) is 4.99 Å². The molecule has 0 aliphatic rings. The van der Waals surface area contributed by atoms with Crippen LogP contribution in [0.3, 0.4) is 0 Å². The fourth-order valence-corrected chi connectivity index (χ4v) is 0.131. The van der Waals surface area contributed by atoms with Crippen LogP contribution < -0.4 is 5.48 Å². The van der Waals surface area contributed by atoms with E-state index in [0.29, 0.717) is 0 Å². The normalized spacial score (nSPS) is 11.6. The zero-order valence-electron chi connectivity index (χ0n) is 4.43. The molecule has 0 aliphatic carbocycles. The van der Waals surface area contributed by atoms with Crippen LogP contribution in [0.25, 0.3) is 0 Å². The van der Waals surface area contributed by atoms with Crippen molar-refractivity contribution in [2.75, 3.05) is 0 Å². The Balaban J connectivity index is 3.17. The van der Waals surface area contributed by atoms with Crippen molar-refractivity contribution in [3.05, 3.63) is 11.8 Å². The zero-order valence-corrected chi connectivity index (χ0v) is 4.43. The summed E-state index contributed by atoms with van der Waals surface area (Å²) in [5.41, 5.74) is 2.99. The Kier molecular flexibility index (Phi) is 3.36. The Bertz CT molecular complexity index is 70.1. The smallest absolute Gasteiger partial charge is 0.0335 e. The average molecular weight is 103 g/mol. The lowest BCUT2D eigenvalue weighted by Gasteiger charge is -1.95. The molecule has 0 atom stereocenters. The van der Waals surface area contributed by atoms with E-state index in [9.17, 15) is 0 Å². The molecular formula is C4H9NO2. The van der Waals surface area contributed by atoms with Crippen LogP contribution in [0.4, 0.5) is 0 Å². The minimum Gasteiger partial charge on any atom is -0.240 e. The van der Waals surface area contributed by atoms with Crippen molar-refractivity contribution >= 4 is 0 Å². The van der Waals surface area contributed by atoms with Gasteiger partial charge in [-0.2, -0.15) is 0 Å². The molecule has 42 valence electrons. The molecule has 0 fully saturated rings. The third-order valence-corrected chi connectivity index (χ3v) is 0.640. The summed E-state index contributed by atoms with van der Waals surface area (Å²) in [6.45, 7) is 3.61. The lowest BCUT2D eigenvalue weighted by Crippen LogP contribution is -2.07. The molecule has 0 saturated heterocycles. The Morgan fingerprint density at radius 2 is 2.43 bits per heavy atom. The first-order chi connectivity index (χ1) is 3.31. The van der Waals surface area contributed by atoms with Crippen LogP contribution in [0.15, 0.2) is 11.8 Å². The van der Waals surface area contributed by atoms with E-state index in [2.05, 4.69) is 10.5 Å². The lowest BCUT2D eigenvalue weighted by atomic mass is 10.5. The number of hydrogen-bond acceptors (Lipinski definition) is 3. The van der Waals surface area contributed by atoms with Crippen LogP contribution in [-0.4, -0.2) is 5.26 Å². The first-order valence-corrected chi connectivity index (χ1v) is 2.00. The van der Waals surface area contributed by atoms with Crippen molar-refractivity contribution in [1.29, 1.82) is 0 Å². The lowest BCUT2D eigenvalue weighted by molar-refractivity contribution is -0.283. The van der Waals surface area contributed by atoms with E-state index >= 15 is 0 Å². The van der Waals surface area contributed by atoms with E-state index in [0.717, 1.165) is 5.70 Å². The average Bonchev–Trinajstić information content (AvgIpc) is 1.68. The summed E-state index contributed by atoms with van der Waals surface area (Å²) in [5.74, 6) is 0. The fraction of sp³-hybridized carbons (Fsp3) is 0.500. The number of nitrogens with one attached hydrogen (secondary N) is 1. The van der Waals surface area contributed by atoms with Gasteiger partial charge in [-0.1, -0.05) is 6.08 Å². The summed E-state index contributed by atoms with van der Waals surface area (Å²) < 4.78 is 0. The second-order valence-corrected chi connectivity index (χ2v) is 1.17. The van der Waals surface area contributed by atoms with E-state index in [1.54, 1.807) is 13.0 Å². The van der Waals surface area contributed by atoms with Gasteiger partial charge in [0, 0.05) is 5.70 Å². The molecule has 0 saturated carbocycles. The summed E-state index contributed by atoms with van der Waals surface area (Å²) in [6, 6.07) is 0. The Morgan fingerprint density at radius 3 is 2.57 bits per heavy atom. The summed E-state index contributed by atoms with van der Waals surface area (Å²) in [4.78, 5) is 3.58. The highest BCUT2D eigenvalue weighted by atomic mass is 17.2.